The number of carbonyl (C=O) groups is 1. The Hall–Kier alpha value is -3.36. The number of carbonyl (C=O) groups excluding carboxylic acids is 1. The molecular formula is C22H16ClN3O2. The molecule has 0 fully saturated rings. The molecule has 4 rings (SSSR count). The van der Waals surface area contributed by atoms with Gasteiger partial charge in [-0.1, -0.05) is 66.1 Å². The van der Waals surface area contributed by atoms with Crippen LogP contribution >= 0.6 is 11.6 Å². The third-order valence-corrected chi connectivity index (χ3v) is 4.71. The van der Waals surface area contributed by atoms with Gasteiger partial charge in [-0.2, -0.15) is 0 Å². The maximum atomic E-state index is 12.0. The molecule has 1 N–H and O–H groups in total. The standard InChI is InChI=1S/C22H16ClN3O2/c23-21-12-11-15(25-26-21)6-5-13-24-22(27)28-14-20-18-9-3-1-7-16(18)17-8-2-4-10-19(17)20/h1-4,7-12,20H,13-14H2,(H,24,27). The third-order valence-electron chi connectivity index (χ3n) is 4.51. The maximum absolute atomic E-state index is 12.0. The van der Waals surface area contributed by atoms with Crippen LogP contribution in [-0.4, -0.2) is 29.4 Å². The number of alkyl carbamates (subject to hydrolysis) is 1. The van der Waals surface area contributed by atoms with Gasteiger partial charge in [0.2, 0.25) is 0 Å². The smallest absolute Gasteiger partial charge is 0.407 e. The van der Waals surface area contributed by atoms with Gasteiger partial charge in [-0.15, -0.1) is 10.2 Å². The molecule has 1 heterocycles. The molecule has 0 spiro atoms. The van der Waals surface area contributed by atoms with Crippen molar-refractivity contribution < 1.29 is 9.53 Å². The van der Waals surface area contributed by atoms with E-state index in [1.54, 1.807) is 12.1 Å². The zero-order chi connectivity index (χ0) is 19.3. The summed E-state index contributed by atoms with van der Waals surface area (Å²) in [5.41, 5.74) is 5.23. The van der Waals surface area contributed by atoms with Gasteiger partial charge in [0.15, 0.2) is 5.15 Å². The fourth-order valence-electron chi connectivity index (χ4n) is 3.28. The summed E-state index contributed by atoms with van der Waals surface area (Å²) >= 11 is 5.67. The normalized spacial score (nSPS) is 11.8. The minimum Gasteiger partial charge on any atom is -0.449 e. The predicted molar refractivity (Wildman–Crippen MR) is 107 cm³/mol. The van der Waals surface area contributed by atoms with Crippen LogP contribution in [0.15, 0.2) is 60.7 Å². The van der Waals surface area contributed by atoms with Crippen LogP contribution in [0.1, 0.15) is 22.7 Å². The van der Waals surface area contributed by atoms with Crippen molar-refractivity contribution in [3.8, 4) is 23.0 Å². The van der Waals surface area contributed by atoms with E-state index >= 15 is 0 Å². The molecule has 0 unspecified atom stereocenters. The van der Waals surface area contributed by atoms with Gasteiger partial charge < -0.3 is 10.1 Å². The number of benzene rings is 2. The van der Waals surface area contributed by atoms with Gasteiger partial charge in [-0.05, 0) is 40.3 Å². The van der Waals surface area contributed by atoms with E-state index in [2.05, 4.69) is 51.6 Å². The highest BCUT2D eigenvalue weighted by atomic mass is 35.5. The highest BCUT2D eigenvalue weighted by molar-refractivity contribution is 6.29. The first-order chi connectivity index (χ1) is 13.7. The van der Waals surface area contributed by atoms with E-state index in [4.69, 9.17) is 16.3 Å². The molecule has 1 amide bonds. The number of hydrogen-bond donors (Lipinski definition) is 1. The monoisotopic (exact) mass is 389 g/mol. The molecule has 6 heteroatoms. The van der Waals surface area contributed by atoms with E-state index in [0.717, 1.165) is 0 Å². The van der Waals surface area contributed by atoms with Crippen molar-refractivity contribution in [2.75, 3.05) is 13.2 Å². The number of hydrogen-bond acceptors (Lipinski definition) is 4. The Morgan fingerprint density at radius 2 is 1.68 bits per heavy atom. The van der Waals surface area contributed by atoms with E-state index < -0.39 is 6.09 Å². The fourth-order valence-corrected chi connectivity index (χ4v) is 3.38. The number of ether oxygens (including phenoxy) is 1. The van der Waals surface area contributed by atoms with E-state index in [-0.39, 0.29) is 19.1 Å². The highest BCUT2D eigenvalue weighted by Crippen LogP contribution is 2.44. The molecule has 5 nitrogen and oxygen atoms in total. The van der Waals surface area contributed by atoms with Gasteiger partial charge in [0.25, 0.3) is 0 Å². The fraction of sp³-hybridized carbons (Fsp3) is 0.136. The Balaban J connectivity index is 1.35. The Kier molecular flexibility index (Phi) is 5.22. The first-order valence-electron chi connectivity index (χ1n) is 8.79. The Morgan fingerprint density at radius 3 is 2.32 bits per heavy atom. The minimum absolute atomic E-state index is 0.0357. The van der Waals surface area contributed by atoms with Crippen LogP contribution in [0.3, 0.4) is 0 Å². The Labute approximate surface area is 167 Å². The maximum Gasteiger partial charge on any atom is 0.407 e. The quantitative estimate of drug-likeness (QED) is 0.687. The first kappa shape index (κ1) is 18.0. The van der Waals surface area contributed by atoms with Crippen molar-refractivity contribution in [3.63, 3.8) is 0 Å². The summed E-state index contributed by atoms with van der Waals surface area (Å²) in [5, 5.41) is 10.5. The molecule has 28 heavy (non-hydrogen) atoms. The number of halogens is 1. The molecule has 0 saturated carbocycles. The first-order valence-corrected chi connectivity index (χ1v) is 9.17. The lowest BCUT2D eigenvalue weighted by molar-refractivity contribution is 0.144. The number of aromatic nitrogens is 2. The molecule has 3 aromatic rings. The molecule has 1 aliphatic rings. The summed E-state index contributed by atoms with van der Waals surface area (Å²) in [5.74, 6) is 5.64. The van der Waals surface area contributed by atoms with Crippen LogP contribution in [0, 0.1) is 11.8 Å². The van der Waals surface area contributed by atoms with Gasteiger partial charge >= 0.3 is 6.09 Å². The van der Waals surface area contributed by atoms with Crippen molar-refractivity contribution in [1.82, 2.24) is 15.5 Å². The molecule has 0 aliphatic heterocycles. The molecule has 0 bridgehead atoms. The Morgan fingerprint density at radius 1 is 1.00 bits per heavy atom. The van der Waals surface area contributed by atoms with Crippen LogP contribution in [0.4, 0.5) is 4.79 Å². The van der Waals surface area contributed by atoms with Crippen molar-refractivity contribution >= 4 is 17.7 Å². The van der Waals surface area contributed by atoms with Gasteiger partial charge in [0, 0.05) is 5.92 Å². The van der Waals surface area contributed by atoms with E-state index in [1.165, 1.54) is 22.3 Å². The zero-order valence-electron chi connectivity index (χ0n) is 14.9. The summed E-state index contributed by atoms with van der Waals surface area (Å²) in [6, 6.07) is 19.7. The second-order valence-electron chi connectivity index (χ2n) is 6.22. The second kappa shape index (κ2) is 8.12. The van der Waals surface area contributed by atoms with Crippen molar-refractivity contribution in [3.05, 3.63) is 82.6 Å². The average molecular weight is 390 g/mol. The van der Waals surface area contributed by atoms with Crippen molar-refractivity contribution in [2.45, 2.75) is 5.92 Å². The van der Waals surface area contributed by atoms with Crippen LogP contribution in [0.5, 0.6) is 0 Å². The van der Waals surface area contributed by atoms with Crippen LogP contribution in [0.2, 0.25) is 5.15 Å². The molecule has 2 aromatic carbocycles. The lowest BCUT2D eigenvalue weighted by atomic mass is 9.98. The van der Waals surface area contributed by atoms with Gasteiger partial charge in [0.05, 0.1) is 6.54 Å². The van der Waals surface area contributed by atoms with Gasteiger partial charge in [-0.25, -0.2) is 4.79 Å². The summed E-state index contributed by atoms with van der Waals surface area (Å²) in [6.07, 6.45) is -0.502. The van der Waals surface area contributed by atoms with E-state index in [1.807, 2.05) is 24.3 Å². The minimum atomic E-state index is -0.502. The number of nitrogens with zero attached hydrogens (tertiary/aromatic N) is 2. The number of rotatable bonds is 3. The summed E-state index contributed by atoms with van der Waals surface area (Å²) in [7, 11) is 0. The number of amides is 1. The van der Waals surface area contributed by atoms with E-state index in [9.17, 15) is 4.79 Å². The highest BCUT2D eigenvalue weighted by Gasteiger charge is 2.28. The molecule has 138 valence electrons. The third kappa shape index (κ3) is 3.83. The zero-order valence-corrected chi connectivity index (χ0v) is 15.6. The topological polar surface area (TPSA) is 64.1 Å². The molecule has 0 radical (unpaired) electrons. The summed E-state index contributed by atoms with van der Waals surface area (Å²) in [4.78, 5) is 12.0. The van der Waals surface area contributed by atoms with Crippen molar-refractivity contribution in [1.29, 1.82) is 0 Å². The molecular weight excluding hydrogens is 374 g/mol. The summed E-state index contributed by atoms with van der Waals surface area (Å²) < 4.78 is 5.44. The Bertz CT molecular complexity index is 1030. The lowest BCUT2D eigenvalue weighted by Crippen LogP contribution is -2.26. The second-order valence-corrected chi connectivity index (χ2v) is 6.61. The van der Waals surface area contributed by atoms with Gasteiger partial charge in [-0.3, -0.25) is 0 Å². The van der Waals surface area contributed by atoms with Gasteiger partial charge in [0.1, 0.15) is 12.3 Å². The largest absolute Gasteiger partial charge is 0.449 e. The lowest BCUT2D eigenvalue weighted by Gasteiger charge is -2.14. The summed E-state index contributed by atoms with van der Waals surface area (Å²) in [6.45, 7) is 0.428. The molecule has 0 atom stereocenters. The molecule has 0 saturated heterocycles. The van der Waals surface area contributed by atoms with E-state index in [0.29, 0.717) is 10.8 Å². The molecule has 1 aliphatic carbocycles. The average Bonchev–Trinajstić information content (AvgIpc) is 3.05. The predicted octanol–water partition coefficient (Wildman–Crippen LogP) is 4.02. The number of fused-ring (bicyclic) bond motifs is 3. The van der Waals surface area contributed by atoms with Crippen LogP contribution in [-0.2, 0) is 4.74 Å². The SMILES string of the molecule is O=C(NCC#Cc1ccc(Cl)nn1)OCC1c2ccccc2-c2ccccc21. The van der Waals surface area contributed by atoms with Crippen LogP contribution < -0.4 is 5.32 Å². The van der Waals surface area contributed by atoms with Crippen molar-refractivity contribution in [2.24, 2.45) is 0 Å². The molecule has 1 aromatic heterocycles. The van der Waals surface area contributed by atoms with Crippen LogP contribution in [0.25, 0.3) is 11.1 Å². The number of nitrogens with one attached hydrogen (secondary N) is 1.